The van der Waals surface area contributed by atoms with E-state index in [2.05, 4.69) is 4.98 Å². The number of piperidine rings is 1. The summed E-state index contributed by atoms with van der Waals surface area (Å²) in [6.45, 7) is 1.19. The first-order chi connectivity index (χ1) is 11.3. The maximum absolute atomic E-state index is 12.8. The molecule has 1 aromatic heterocycles. The summed E-state index contributed by atoms with van der Waals surface area (Å²) < 4.78 is 38.3. The van der Waals surface area contributed by atoms with Gasteiger partial charge in [-0.2, -0.15) is 13.2 Å². The average Bonchev–Trinajstić information content (AvgIpc) is 3.03. The Balaban J connectivity index is 1.81. The quantitative estimate of drug-likeness (QED) is 0.857. The summed E-state index contributed by atoms with van der Waals surface area (Å²) in [4.78, 5) is 18.8. The third kappa shape index (κ3) is 3.59. The number of hydrogen-bond donors (Lipinski definition) is 1. The molecular weight excluding hydrogens is 341 g/mol. The van der Waals surface area contributed by atoms with Crippen molar-refractivity contribution in [1.29, 1.82) is 0 Å². The zero-order valence-corrected chi connectivity index (χ0v) is 13.4. The summed E-state index contributed by atoms with van der Waals surface area (Å²) in [6.07, 6.45) is -1.97. The lowest BCUT2D eigenvalue weighted by Gasteiger charge is -2.29. The topological polar surface area (TPSA) is 53.4 Å². The van der Waals surface area contributed by atoms with Crippen molar-refractivity contribution in [2.24, 2.45) is 0 Å². The van der Waals surface area contributed by atoms with E-state index in [-0.39, 0.29) is 10.4 Å². The second-order valence-electron chi connectivity index (χ2n) is 5.66. The van der Waals surface area contributed by atoms with Gasteiger partial charge >= 0.3 is 6.18 Å². The summed E-state index contributed by atoms with van der Waals surface area (Å²) in [5, 5.41) is 10.3. The maximum atomic E-state index is 12.8. The molecule has 1 atom stereocenters. The zero-order chi connectivity index (χ0) is 17.3. The number of benzene rings is 1. The highest BCUT2D eigenvalue weighted by Crippen LogP contribution is 2.31. The Bertz CT molecular complexity index is 745. The third-order valence-electron chi connectivity index (χ3n) is 3.84. The van der Waals surface area contributed by atoms with Crippen LogP contribution in [0.2, 0.25) is 0 Å². The molecule has 24 heavy (non-hydrogen) atoms. The van der Waals surface area contributed by atoms with Crippen LogP contribution in [-0.4, -0.2) is 35.1 Å². The summed E-state index contributed by atoms with van der Waals surface area (Å²) >= 11 is 1.13. The van der Waals surface area contributed by atoms with Crippen LogP contribution in [0.25, 0.3) is 0 Å². The second kappa shape index (κ2) is 6.52. The van der Waals surface area contributed by atoms with Gasteiger partial charge in [0.1, 0.15) is 0 Å². The Morgan fingerprint density at radius 1 is 1.38 bits per heavy atom. The summed E-state index contributed by atoms with van der Waals surface area (Å²) in [5.74, 6) is -0.484. The molecular formula is C16H15F3N2O2S. The highest BCUT2D eigenvalue weighted by molar-refractivity contribution is 7.17. The molecule has 0 saturated carbocycles. The lowest BCUT2D eigenvalue weighted by Crippen LogP contribution is -2.38. The highest BCUT2D eigenvalue weighted by atomic mass is 32.1. The van der Waals surface area contributed by atoms with Crippen molar-refractivity contribution < 1.29 is 23.1 Å². The van der Waals surface area contributed by atoms with E-state index in [1.54, 1.807) is 0 Å². The van der Waals surface area contributed by atoms with Gasteiger partial charge in [0.05, 0.1) is 22.7 Å². The minimum Gasteiger partial charge on any atom is -0.391 e. The van der Waals surface area contributed by atoms with Gasteiger partial charge in [0, 0.05) is 18.7 Å². The highest BCUT2D eigenvalue weighted by Gasteiger charge is 2.31. The summed E-state index contributed by atoms with van der Waals surface area (Å²) in [5.41, 5.74) is -0.865. The van der Waals surface area contributed by atoms with Gasteiger partial charge in [-0.05, 0) is 25.0 Å². The van der Waals surface area contributed by atoms with E-state index in [0.29, 0.717) is 11.7 Å². The van der Waals surface area contributed by atoms with Crippen LogP contribution in [0.1, 0.15) is 33.6 Å². The number of anilines is 1. The van der Waals surface area contributed by atoms with Crippen molar-refractivity contribution >= 4 is 22.3 Å². The van der Waals surface area contributed by atoms with Crippen LogP contribution >= 0.6 is 11.3 Å². The molecule has 1 saturated heterocycles. The minimum atomic E-state index is -4.49. The largest absolute Gasteiger partial charge is 0.416 e. The van der Waals surface area contributed by atoms with Crippen molar-refractivity contribution in [3.05, 3.63) is 46.5 Å². The summed E-state index contributed by atoms with van der Waals surface area (Å²) in [7, 11) is 0. The third-order valence-corrected chi connectivity index (χ3v) is 4.89. The van der Waals surface area contributed by atoms with Crippen LogP contribution in [0.15, 0.2) is 30.5 Å². The van der Waals surface area contributed by atoms with Gasteiger partial charge < -0.3 is 10.0 Å². The molecule has 0 bridgehead atoms. The van der Waals surface area contributed by atoms with Crippen molar-refractivity contribution in [3.63, 3.8) is 0 Å². The van der Waals surface area contributed by atoms with E-state index in [0.717, 1.165) is 42.9 Å². The van der Waals surface area contributed by atoms with Gasteiger partial charge in [0.25, 0.3) is 0 Å². The number of ketones is 1. The second-order valence-corrected chi connectivity index (χ2v) is 6.67. The van der Waals surface area contributed by atoms with Crippen LogP contribution in [0.4, 0.5) is 18.3 Å². The Labute approximate surface area is 140 Å². The number of aliphatic hydroxyl groups is 1. The van der Waals surface area contributed by atoms with Gasteiger partial charge in [-0.15, -0.1) is 0 Å². The van der Waals surface area contributed by atoms with Crippen LogP contribution in [0.3, 0.4) is 0 Å². The number of halogens is 3. The first-order valence-electron chi connectivity index (χ1n) is 7.45. The fraction of sp³-hybridized carbons (Fsp3) is 0.375. The molecule has 0 amide bonds. The van der Waals surface area contributed by atoms with E-state index >= 15 is 0 Å². The van der Waals surface area contributed by atoms with Gasteiger partial charge in [-0.1, -0.05) is 23.5 Å². The number of aromatic nitrogens is 1. The lowest BCUT2D eigenvalue weighted by molar-refractivity contribution is -0.137. The normalized spacial score (nSPS) is 18.7. The number of aliphatic hydroxyl groups excluding tert-OH is 1. The first kappa shape index (κ1) is 16.9. The van der Waals surface area contributed by atoms with E-state index in [1.165, 1.54) is 18.3 Å². The minimum absolute atomic E-state index is 0.0151. The molecule has 0 radical (unpaired) electrons. The molecule has 1 N–H and O–H groups in total. The number of nitrogens with zero attached hydrogens (tertiary/aromatic N) is 2. The molecule has 0 spiro atoms. The number of thiazole rings is 1. The van der Waals surface area contributed by atoms with Crippen LogP contribution in [-0.2, 0) is 6.18 Å². The van der Waals surface area contributed by atoms with Crippen LogP contribution in [0, 0.1) is 0 Å². The van der Waals surface area contributed by atoms with E-state index in [4.69, 9.17) is 0 Å². The van der Waals surface area contributed by atoms with E-state index in [9.17, 15) is 23.1 Å². The molecule has 8 heteroatoms. The van der Waals surface area contributed by atoms with Gasteiger partial charge in [0.2, 0.25) is 5.78 Å². The molecule has 1 aromatic carbocycles. The number of carbonyl (C=O) groups excluding carboxylic acids is 1. The first-order valence-corrected chi connectivity index (χ1v) is 8.27. The number of hydrogen-bond acceptors (Lipinski definition) is 5. The Kier molecular flexibility index (Phi) is 4.60. The molecule has 4 nitrogen and oxygen atoms in total. The number of β-amino-alcohol motifs (C(OH)–C–C–N with tert-alkyl or cyclic N) is 1. The summed E-state index contributed by atoms with van der Waals surface area (Å²) in [6, 6.07) is 4.37. The predicted octanol–water partition coefficient (Wildman–Crippen LogP) is 3.35. The predicted molar refractivity (Wildman–Crippen MR) is 84.4 cm³/mol. The molecule has 2 aromatic rings. The monoisotopic (exact) mass is 356 g/mol. The molecule has 1 aliphatic rings. The number of alkyl halides is 3. The number of rotatable bonds is 3. The standard InChI is InChI=1S/C16H15F3N2O2S/c17-16(18,19)11-4-1-3-10(7-11)14(23)13-8-20-15(24-13)21-6-2-5-12(22)9-21/h1,3-4,7-8,12,22H,2,5-6,9H2/t12-/m1/s1. The van der Waals surface area contributed by atoms with E-state index in [1.807, 2.05) is 4.90 Å². The maximum Gasteiger partial charge on any atom is 0.416 e. The van der Waals surface area contributed by atoms with Gasteiger partial charge in [-0.25, -0.2) is 4.98 Å². The SMILES string of the molecule is O=C(c1cccc(C(F)(F)F)c1)c1cnc(N2CCC[C@@H](O)C2)s1. The van der Waals surface area contributed by atoms with Crippen molar-refractivity contribution in [2.45, 2.75) is 25.1 Å². The van der Waals surface area contributed by atoms with Crippen molar-refractivity contribution in [3.8, 4) is 0 Å². The molecule has 3 rings (SSSR count). The molecule has 0 unspecified atom stereocenters. The molecule has 2 heterocycles. The Morgan fingerprint density at radius 3 is 2.88 bits per heavy atom. The van der Waals surface area contributed by atoms with Gasteiger partial charge in [-0.3, -0.25) is 4.79 Å². The van der Waals surface area contributed by atoms with Gasteiger partial charge in [0.15, 0.2) is 5.13 Å². The fourth-order valence-electron chi connectivity index (χ4n) is 2.62. The molecule has 1 aliphatic heterocycles. The Hall–Kier alpha value is -1.93. The van der Waals surface area contributed by atoms with Crippen LogP contribution < -0.4 is 4.90 Å². The zero-order valence-electron chi connectivity index (χ0n) is 12.6. The van der Waals surface area contributed by atoms with E-state index < -0.39 is 23.6 Å². The average molecular weight is 356 g/mol. The van der Waals surface area contributed by atoms with Crippen molar-refractivity contribution in [2.75, 3.05) is 18.0 Å². The van der Waals surface area contributed by atoms with Crippen molar-refractivity contribution in [1.82, 2.24) is 4.98 Å². The lowest BCUT2D eigenvalue weighted by atomic mass is 10.1. The molecule has 1 fully saturated rings. The Morgan fingerprint density at radius 2 is 2.17 bits per heavy atom. The molecule has 128 valence electrons. The smallest absolute Gasteiger partial charge is 0.391 e. The fourth-order valence-corrected chi connectivity index (χ4v) is 3.54. The molecule has 0 aliphatic carbocycles. The van der Waals surface area contributed by atoms with Crippen LogP contribution in [0.5, 0.6) is 0 Å². The number of carbonyl (C=O) groups is 1.